The Hall–Kier alpha value is -1.79. The molecule has 1 N–H and O–H groups in total. The number of piperidine rings is 1. The zero-order valence-corrected chi connectivity index (χ0v) is 12.0. The van der Waals surface area contributed by atoms with Crippen LogP contribution in [0, 0.1) is 0 Å². The van der Waals surface area contributed by atoms with Crippen molar-refractivity contribution in [3.63, 3.8) is 0 Å². The van der Waals surface area contributed by atoms with Crippen molar-refractivity contribution in [3.8, 4) is 0 Å². The molecule has 20 heavy (non-hydrogen) atoms. The summed E-state index contributed by atoms with van der Waals surface area (Å²) in [5.74, 6) is -0.429. The Labute approximate surface area is 118 Å². The summed E-state index contributed by atoms with van der Waals surface area (Å²) in [4.78, 5) is 35.8. The van der Waals surface area contributed by atoms with Crippen molar-refractivity contribution in [3.05, 3.63) is 0 Å². The predicted octanol–water partition coefficient (Wildman–Crippen LogP) is 0.677. The number of nitrogens with one attached hydrogen (secondary N) is 1. The molecule has 0 atom stereocenters. The van der Waals surface area contributed by atoms with Gasteiger partial charge in [0.15, 0.2) is 0 Å². The van der Waals surface area contributed by atoms with E-state index < -0.39 is 6.09 Å². The molecule has 1 fully saturated rings. The fraction of sp³-hybridized carbons (Fsp3) is 0.769. The highest BCUT2D eigenvalue weighted by atomic mass is 16.5. The highest BCUT2D eigenvalue weighted by molar-refractivity contribution is 5.81. The van der Waals surface area contributed by atoms with Crippen LogP contribution >= 0.6 is 0 Å². The third-order valence-electron chi connectivity index (χ3n) is 3.22. The highest BCUT2D eigenvalue weighted by Crippen LogP contribution is 2.12. The van der Waals surface area contributed by atoms with Gasteiger partial charge in [-0.3, -0.25) is 9.59 Å². The summed E-state index contributed by atoms with van der Waals surface area (Å²) < 4.78 is 9.31. The van der Waals surface area contributed by atoms with Crippen molar-refractivity contribution in [2.24, 2.45) is 0 Å². The molecule has 114 valence electrons. The lowest BCUT2D eigenvalue weighted by Crippen LogP contribution is -2.46. The summed E-state index contributed by atoms with van der Waals surface area (Å²) in [7, 11) is 1.30. The van der Waals surface area contributed by atoms with Crippen molar-refractivity contribution in [1.29, 1.82) is 0 Å². The molecule has 7 heteroatoms. The second-order valence-electron chi connectivity index (χ2n) is 4.60. The summed E-state index contributed by atoms with van der Waals surface area (Å²) in [6.07, 6.45) is 1.26. The molecule has 0 unspecified atom stereocenters. The summed E-state index contributed by atoms with van der Waals surface area (Å²) >= 11 is 0. The first-order chi connectivity index (χ1) is 9.56. The molecule has 0 spiro atoms. The number of amides is 2. The smallest absolute Gasteiger partial charge is 0.407 e. The number of esters is 1. The monoisotopic (exact) mass is 286 g/mol. The number of carbonyl (C=O) groups is 3. The number of likely N-dealkylation sites (tertiary alicyclic amines) is 1. The lowest BCUT2D eigenvalue weighted by molar-refractivity contribution is -0.143. The fourth-order valence-electron chi connectivity index (χ4n) is 2.08. The lowest BCUT2D eigenvalue weighted by atomic mass is 10.0. The number of hydrogen-bond donors (Lipinski definition) is 1. The standard InChI is InChI=1S/C13H22N2O5/c1-3-20-13(18)14-10-6-8-15(9-7-10)11(16)4-5-12(17)19-2/h10H,3-9H2,1-2H3,(H,14,18). The Bertz CT molecular complexity index is 351. The van der Waals surface area contributed by atoms with Gasteiger partial charge in [0, 0.05) is 25.6 Å². The topological polar surface area (TPSA) is 84.9 Å². The molecule has 0 aromatic heterocycles. The Kier molecular flexibility index (Phi) is 6.83. The van der Waals surface area contributed by atoms with Crippen molar-refractivity contribution in [2.75, 3.05) is 26.8 Å². The van der Waals surface area contributed by atoms with E-state index in [1.165, 1.54) is 7.11 Å². The zero-order valence-electron chi connectivity index (χ0n) is 12.0. The van der Waals surface area contributed by atoms with Crippen LogP contribution in [0.3, 0.4) is 0 Å². The predicted molar refractivity (Wildman–Crippen MR) is 71.0 cm³/mol. The number of carbonyl (C=O) groups excluding carboxylic acids is 3. The maximum Gasteiger partial charge on any atom is 0.407 e. The van der Waals surface area contributed by atoms with E-state index in [0.717, 1.165) is 0 Å². The number of methoxy groups -OCH3 is 1. The third-order valence-corrected chi connectivity index (χ3v) is 3.22. The molecule has 0 aromatic rings. The molecule has 0 aliphatic carbocycles. The molecule has 7 nitrogen and oxygen atoms in total. The molecule has 0 aromatic carbocycles. The van der Waals surface area contributed by atoms with Crippen LogP contribution in [0.15, 0.2) is 0 Å². The minimum absolute atomic E-state index is 0.0405. The first-order valence-corrected chi connectivity index (χ1v) is 6.84. The highest BCUT2D eigenvalue weighted by Gasteiger charge is 2.24. The molecular weight excluding hydrogens is 264 g/mol. The Morgan fingerprint density at radius 2 is 1.85 bits per heavy atom. The van der Waals surface area contributed by atoms with Crippen LogP contribution in [0.2, 0.25) is 0 Å². The van der Waals surface area contributed by atoms with Gasteiger partial charge >= 0.3 is 12.1 Å². The summed E-state index contributed by atoms with van der Waals surface area (Å²) in [5, 5.41) is 2.77. The molecule has 1 heterocycles. The van der Waals surface area contributed by atoms with Gasteiger partial charge in [-0.2, -0.15) is 0 Å². The minimum atomic E-state index is -0.414. The van der Waals surface area contributed by atoms with Crippen LogP contribution in [0.1, 0.15) is 32.6 Å². The first-order valence-electron chi connectivity index (χ1n) is 6.84. The van der Waals surface area contributed by atoms with Crippen LogP contribution in [-0.2, 0) is 19.1 Å². The van der Waals surface area contributed by atoms with Crippen molar-refractivity contribution < 1.29 is 23.9 Å². The van der Waals surface area contributed by atoms with Gasteiger partial charge in [0.05, 0.1) is 20.1 Å². The molecule has 0 radical (unpaired) electrons. The van der Waals surface area contributed by atoms with Crippen molar-refractivity contribution in [1.82, 2.24) is 10.2 Å². The molecule has 1 saturated heterocycles. The average molecular weight is 286 g/mol. The van der Waals surface area contributed by atoms with E-state index in [2.05, 4.69) is 10.1 Å². The first kappa shape index (κ1) is 16.3. The van der Waals surface area contributed by atoms with Gasteiger partial charge < -0.3 is 19.7 Å². The third kappa shape index (κ3) is 5.46. The van der Waals surface area contributed by atoms with E-state index in [-0.39, 0.29) is 30.8 Å². The van der Waals surface area contributed by atoms with Crippen LogP contribution in [0.5, 0.6) is 0 Å². The fourth-order valence-corrected chi connectivity index (χ4v) is 2.08. The molecular formula is C13H22N2O5. The molecule has 1 aliphatic rings. The van der Waals surface area contributed by atoms with Gasteiger partial charge in [-0.25, -0.2) is 4.79 Å². The summed E-state index contributed by atoms with van der Waals surface area (Å²) in [6.45, 7) is 3.26. The molecule has 0 bridgehead atoms. The summed E-state index contributed by atoms with van der Waals surface area (Å²) in [5.41, 5.74) is 0. The zero-order chi connectivity index (χ0) is 15.0. The van der Waals surface area contributed by atoms with Crippen LogP contribution in [-0.4, -0.2) is 55.7 Å². The van der Waals surface area contributed by atoms with Gasteiger partial charge in [-0.1, -0.05) is 0 Å². The maximum absolute atomic E-state index is 11.9. The number of alkyl carbamates (subject to hydrolysis) is 1. The van der Waals surface area contributed by atoms with E-state index in [9.17, 15) is 14.4 Å². The van der Waals surface area contributed by atoms with E-state index in [1.54, 1.807) is 11.8 Å². The largest absolute Gasteiger partial charge is 0.469 e. The Balaban J connectivity index is 2.25. The summed E-state index contributed by atoms with van der Waals surface area (Å²) in [6, 6.07) is 0.0405. The van der Waals surface area contributed by atoms with Gasteiger partial charge in [0.1, 0.15) is 0 Å². The molecule has 0 saturated carbocycles. The molecule has 1 aliphatic heterocycles. The minimum Gasteiger partial charge on any atom is -0.469 e. The number of nitrogens with zero attached hydrogens (tertiary/aromatic N) is 1. The number of ether oxygens (including phenoxy) is 2. The van der Waals surface area contributed by atoms with Gasteiger partial charge in [-0.05, 0) is 19.8 Å². The Morgan fingerprint density at radius 3 is 2.40 bits per heavy atom. The van der Waals surface area contributed by atoms with Crippen molar-refractivity contribution >= 4 is 18.0 Å². The normalized spacial score (nSPS) is 15.6. The van der Waals surface area contributed by atoms with Gasteiger partial charge in [0.25, 0.3) is 0 Å². The number of rotatable bonds is 5. The Morgan fingerprint density at radius 1 is 1.20 bits per heavy atom. The average Bonchev–Trinajstić information content (AvgIpc) is 2.45. The van der Waals surface area contributed by atoms with Crippen molar-refractivity contribution in [2.45, 2.75) is 38.6 Å². The SMILES string of the molecule is CCOC(=O)NC1CCN(C(=O)CCC(=O)OC)CC1. The second-order valence-corrected chi connectivity index (χ2v) is 4.60. The quantitative estimate of drug-likeness (QED) is 0.751. The lowest BCUT2D eigenvalue weighted by Gasteiger charge is -2.32. The van der Waals surface area contributed by atoms with Crippen LogP contribution < -0.4 is 5.32 Å². The van der Waals surface area contributed by atoms with Crippen LogP contribution in [0.4, 0.5) is 4.79 Å². The maximum atomic E-state index is 11.9. The van der Waals surface area contributed by atoms with E-state index in [4.69, 9.17) is 4.74 Å². The van der Waals surface area contributed by atoms with E-state index >= 15 is 0 Å². The molecule has 1 rings (SSSR count). The van der Waals surface area contributed by atoms with E-state index in [1.807, 2.05) is 0 Å². The van der Waals surface area contributed by atoms with E-state index in [0.29, 0.717) is 32.5 Å². The van der Waals surface area contributed by atoms with Gasteiger partial charge in [-0.15, -0.1) is 0 Å². The molecule has 2 amide bonds. The second kappa shape index (κ2) is 8.39. The number of hydrogen-bond acceptors (Lipinski definition) is 5. The van der Waals surface area contributed by atoms with Crippen LogP contribution in [0.25, 0.3) is 0 Å². The van der Waals surface area contributed by atoms with Gasteiger partial charge in [0.2, 0.25) is 5.91 Å².